The lowest BCUT2D eigenvalue weighted by Gasteiger charge is -2.32. The van der Waals surface area contributed by atoms with Crippen molar-refractivity contribution in [2.75, 3.05) is 32.8 Å². The van der Waals surface area contributed by atoms with Gasteiger partial charge >= 0.3 is 0 Å². The van der Waals surface area contributed by atoms with Crippen LogP contribution in [0.25, 0.3) is 0 Å². The van der Waals surface area contributed by atoms with E-state index in [9.17, 15) is 9.59 Å². The molecule has 2 fully saturated rings. The Labute approximate surface area is 121 Å². The molecule has 1 atom stereocenters. The Morgan fingerprint density at radius 3 is 2.80 bits per heavy atom. The van der Waals surface area contributed by atoms with Gasteiger partial charge < -0.3 is 14.5 Å². The molecule has 0 aromatic carbocycles. The van der Waals surface area contributed by atoms with Crippen molar-refractivity contribution in [3.63, 3.8) is 0 Å². The quantitative estimate of drug-likeness (QED) is 0.802. The molecule has 2 saturated heterocycles. The summed E-state index contributed by atoms with van der Waals surface area (Å²) in [5.41, 5.74) is 2.08. The van der Waals surface area contributed by atoms with E-state index < -0.39 is 0 Å². The zero-order chi connectivity index (χ0) is 13.9. The maximum atomic E-state index is 12.5. The third-order valence-electron chi connectivity index (χ3n) is 3.77. The number of rotatable bonds is 2. The Balaban J connectivity index is 1.71. The monoisotopic (exact) mass is 295 g/mol. The third kappa shape index (κ3) is 2.55. The minimum atomic E-state index is -0.331. The fourth-order valence-corrected chi connectivity index (χ4v) is 3.25. The molecule has 2 amide bonds. The molecule has 0 radical (unpaired) electrons. The van der Waals surface area contributed by atoms with E-state index in [4.69, 9.17) is 4.74 Å². The van der Waals surface area contributed by atoms with Crippen LogP contribution >= 0.6 is 11.3 Å². The molecule has 0 aliphatic carbocycles. The summed E-state index contributed by atoms with van der Waals surface area (Å²) in [7, 11) is 0. The fourth-order valence-electron chi connectivity index (χ4n) is 2.73. The highest BCUT2D eigenvalue weighted by molar-refractivity contribution is 7.07. The molecule has 3 heterocycles. The smallest absolute Gasteiger partial charge is 0.274 e. The predicted molar refractivity (Wildman–Crippen MR) is 73.6 cm³/mol. The van der Waals surface area contributed by atoms with Gasteiger partial charge in [-0.25, -0.2) is 4.98 Å². The van der Waals surface area contributed by atoms with Crippen LogP contribution < -0.4 is 0 Å². The second kappa shape index (κ2) is 5.88. The van der Waals surface area contributed by atoms with Crippen molar-refractivity contribution in [3.05, 3.63) is 16.6 Å². The van der Waals surface area contributed by atoms with Crippen LogP contribution in [0.3, 0.4) is 0 Å². The van der Waals surface area contributed by atoms with Gasteiger partial charge in [0.2, 0.25) is 5.91 Å². The number of likely N-dealkylation sites (tertiary alicyclic amines) is 1. The average Bonchev–Trinajstić information content (AvgIpc) is 3.18. The molecule has 0 N–H and O–H groups in total. The number of carbonyl (C=O) groups excluding carboxylic acids is 2. The van der Waals surface area contributed by atoms with E-state index in [0.717, 1.165) is 12.8 Å². The lowest BCUT2D eigenvalue weighted by atomic mass is 10.1. The van der Waals surface area contributed by atoms with E-state index in [1.54, 1.807) is 20.7 Å². The van der Waals surface area contributed by atoms with Crippen LogP contribution in [0.5, 0.6) is 0 Å². The number of thiazole rings is 1. The zero-order valence-electron chi connectivity index (χ0n) is 11.2. The molecule has 1 aromatic rings. The Hall–Kier alpha value is -1.47. The molecule has 1 aromatic heterocycles. The molecule has 20 heavy (non-hydrogen) atoms. The molecule has 0 spiro atoms. The molecule has 108 valence electrons. The highest BCUT2D eigenvalue weighted by Crippen LogP contribution is 2.22. The summed E-state index contributed by atoms with van der Waals surface area (Å²) in [5.74, 6) is -0.0789. The first kappa shape index (κ1) is 13.5. The molecular formula is C13H17N3O3S. The van der Waals surface area contributed by atoms with Crippen molar-refractivity contribution in [2.45, 2.75) is 18.9 Å². The van der Waals surface area contributed by atoms with E-state index in [0.29, 0.717) is 38.5 Å². The lowest BCUT2D eigenvalue weighted by Crippen LogP contribution is -2.51. The Bertz CT molecular complexity index is 485. The second-order valence-electron chi connectivity index (χ2n) is 4.97. The minimum Gasteiger partial charge on any atom is -0.378 e. The van der Waals surface area contributed by atoms with E-state index in [1.165, 1.54) is 11.3 Å². The fraction of sp³-hybridized carbons (Fsp3) is 0.615. The van der Waals surface area contributed by atoms with Crippen molar-refractivity contribution >= 4 is 23.2 Å². The highest BCUT2D eigenvalue weighted by atomic mass is 32.1. The summed E-state index contributed by atoms with van der Waals surface area (Å²) in [5, 5.41) is 1.73. The predicted octanol–water partition coefficient (Wildman–Crippen LogP) is 0.607. The van der Waals surface area contributed by atoms with Crippen LogP contribution in [0.15, 0.2) is 10.9 Å². The number of aromatic nitrogens is 1. The third-order valence-corrected chi connectivity index (χ3v) is 4.36. The maximum absolute atomic E-state index is 12.5. The first-order chi connectivity index (χ1) is 9.77. The number of ether oxygens (including phenoxy) is 1. The van der Waals surface area contributed by atoms with Gasteiger partial charge in [-0.05, 0) is 12.8 Å². The van der Waals surface area contributed by atoms with Gasteiger partial charge in [0.15, 0.2) is 0 Å². The molecule has 6 nitrogen and oxygen atoms in total. The van der Waals surface area contributed by atoms with E-state index in [1.807, 2.05) is 0 Å². The van der Waals surface area contributed by atoms with Gasteiger partial charge in [0.25, 0.3) is 5.91 Å². The van der Waals surface area contributed by atoms with Crippen molar-refractivity contribution < 1.29 is 14.3 Å². The van der Waals surface area contributed by atoms with Crippen LogP contribution in [0.1, 0.15) is 23.3 Å². The first-order valence-electron chi connectivity index (χ1n) is 6.83. The first-order valence-corrected chi connectivity index (χ1v) is 7.77. The Morgan fingerprint density at radius 1 is 1.30 bits per heavy atom. The zero-order valence-corrected chi connectivity index (χ0v) is 12.0. The second-order valence-corrected chi connectivity index (χ2v) is 5.69. The SMILES string of the molecule is O=C(C1CCCN1C(=O)c1cscn1)N1CCOCC1. The van der Waals surface area contributed by atoms with Crippen LogP contribution in [-0.4, -0.2) is 65.5 Å². The van der Waals surface area contributed by atoms with E-state index >= 15 is 0 Å². The molecule has 0 bridgehead atoms. The largest absolute Gasteiger partial charge is 0.378 e. The van der Waals surface area contributed by atoms with Crippen molar-refractivity contribution in [1.29, 1.82) is 0 Å². The standard InChI is InChI=1S/C13H17N3O3S/c17-12(10-8-20-9-14-10)16-3-1-2-11(16)13(18)15-4-6-19-7-5-15/h8-9,11H,1-7H2. The maximum Gasteiger partial charge on any atom is 0.274 e. The van der Waals surface area contributed by atoms with Gasteiger partial charge in [-0.15, -0.1) is 11.3 Å². The summed E-state index contributed by atoms with van der Waals surface area (Å²) < 4.78 is 5.26. The summed E-state index contributed by atoms with van der Waals surface area (Å²) in [6.07, 6.45) is 1.61. The minimum absolute atomic E-state index is 0.0504. The van der Waals surface area contributed by atoms with Crippen molar-refractivity contribution in [1.82, 2.24) is 14.8 Å². The topological polar surface area (TPSA) is 62.7 Å². The number of amides is 2. The van der Waals surface area contributed by atoms with Crippen LogP contribution in [0.2, 0.25) is 0 Å². The molecule has 2 aliphatic heterocycles. The molecular weight excluding hydrogens is 278 g/mol. The van der Waals surface area contributed by atoms with Crippen LogP contribution in [0.4, 0.5) is 0 Å². The van der Waals surface area contributed by atoms with Gasteiger partial charge in [0, 0.05) is 25.0 Å². The summed E-state index contributed by atoms with van der Waals surface area (Å²) in [4.78, 5) is 32.5. The van der Waals surface area contributed by atoms with Gasteiger partial charge in [-0.3, -0.25) is 9.59 Å². The number of carbonyl (C=O) groups is 2. The molecule has 3 rings (SSSR count). The summed E-state index contributed by atoms with van der Waals surface area (Å²) in [6.45, 7) is 3.04. The van der Waals surface area contributed by atoms with Gasteiger partial charge in [0.1, 0.15) is 11.7 Å². The van der Waals surface area contributed by atoms with Gasteiger partial charge in [-0.1, -0.05) is 0 Å². The summed E-state index contributed by atoms with van der Waals surface area (Å²) >= 11 is 1.39. The van der Waals surface area contributed by atoms with Gasteiger partial charge in [-0.2, -0.15) is 0 Å². The lowest BCUT2D eigenvalue weighted by molar-refractivity contribution is -0.139. The number of nitrogens with zero attached hydrogens (tertiary/aromatic N) is 3. The number of morpholine rings is 1. The highest BCUT2D eigenvalue weighted by Gasteiger charge is 2.37. The normalized spacial score (nSPS) is 23.1. The van der Waals surface area contributed by atoms with E-state index in [2.05, 4.69) is 4.98 Å². The molecule has 0 saturated carbocycles. The Morgan fingerprint density at radius 2 is 2.10 bits per heavy atom. The van der Waals surface area contributed by atoms with Crippen LogP contribution in [-0.2, 0) is 9.53 Å². The summed E-state index contributed by atoms with van der Waals surface area (Å²) in [6, 6.07) is -0.331. The van der Waals surface area contributed by atoms with E-state index in [-0.39, 0.29) is 17.9 Å². The number of hydrogen-bond donors (Lipinski definition) is 0. The molecule has 1 unspecified atom stereocenters. The van der Waals surface area contributed by atoms with Crippen LogP contribution in [0, 0.1) is 0 Å². The van der Waals surface area contributed by atoms with Crippen molar-refractivity contribution in [3.8, 4) is 0 Å². The van der Waals surface area contributed by atoms with Crippen molar-refractivity contribution in [2.24, 2.45) is 0 Å². The number of hydrogen-bond acceptors (Lipinski definition) is 5. The van der Waals surface area contributed by atoms with Gasteiger partial charge in [0.05, 0.1) is 18.7 Å². The molecule has 2 aliphatic rings. The Kier molecular flexibility index (Phi) is 3.98. The average molecular weight is 295 g/mol. The molecule has 7 heteroatoms.